The lowest BCUT2D eigenvalue weighted by Crippen LogP contribution is -2.33. The fourth-order valence-corrected chi connectivity index (χ4v) is 3.67. The second kappa shape index (κ2) is 6.33. The quantitative estimate of drug-likeness (QED) is 0.748. The Hall–Kier alpha value is -0.880. The molecule has 1 heterocycles. The fraction of sp³-hybridized carbons (Fsp3) is 0.750. The highest BCUT2D eigenvalue weighted by Gasteiger charge is 2.23. The lowest BCUT2D eigenvalue weighted by Gasteiger charge is -2.14. The van der Waals surface area contributed by atoms with Crippen LogP contribution in [-0.2, 0) is 10.0 Å². The van der Waals surface area contributed by atoms with Gasteiger partial charge in [-0.1, -0.05) is 26.2 Å². The molecule has 0 amide bonds. The summed E-state index contributed by atoms with van der Waals surface area (Å²) in [6.45, 7) is 7.45. The second-order valence-electron chi connectivity index (χ2n) is 4.78. The third-order valence-electron chi connectivity index (χ3n) is 2.93. The van der Waals surface area contributed by atoms with E-state index in [2.05, 4.69) is 21.8 Å². The number of nitrogens with zero attached hydrogens (tertiary/aromatic N) is 1. The van der Waals surface area contributed by atoms with Gasteiger partial charge in [0.2, 0.25) is 10.0 Å². The Balaban J connectivity index is 2.71. The highest BCUT2D eigenvalue weighted by atomic mass is 32.2. The van der Waals surface area contributed by atoms with Crippen molar-refractivity contribution in [1.29, 1.82) is 0 Å². The van der Waals surface area contributed by atoms with E-state index in [0.717, 1.165) is 25.7 Å². The Morgan fingerprint density at radius 1 is 1.33 bits per heavy atom. The Morgan fingerprint density at radius 2 is 2.00 bits per heavy atom. The van der Waals surface area contributed by atoms with Crippen LogP contribution in [-0.4, -0.2) is 24.7 Å². The first-order chi connectivity index (χ1) is 8.38. The van der Waals surface area contributed by atoms with Crippen molar-refractivity contribution in [2.75, 3.05) is 0 Å². The van der Waals surface area contributed by atoms with E-state index >= 15 is 0 Å². The lowest BCUT2D eigenvalue weighted by molar-refractivity contribution is 0.526. The zero-order valence-electron chi connectivity index (χ0n) is 11.6. The number of H-pyrrole nitrogens is 1. The molecule has 6 heteroatoms. The van der Waals surface area contributed by atoms with Crippen molar-refractivity contribution in [2.24, 2.45) is 0 Å². The van der Waals surface area contributed by atoms with E-state index in [0.29, 0.717) is 11.4 Å². The van der Waals surface area contributed by atoms with Gasteiger partial charge in [0.05, 0.1) is 11.4 Å². The molecule has 18 heavy (non-hydrogen) atoms. The average Bonchev–Trinajstić information content (AvgIpc) is 2.58. The maximum Gasteiger partial charge on any atom is 0.244 e. The zero-order chi connectivity index (χ0) is 13.8. The van der Waals surface area contributed by atoms with Crippen molar-refractivity contribution >= 4 is 10.0 Å². The fourth-order valence-electron chi connectivity index (χ4n) is 2.02. The largest absolute Gasteiger partial charge is 0.281 e. The molecule has 1 atom stereocenters. The van der Waals surface area contributed by atoms with Crippen LogP contribution in [0.3, 0.4) is 0 Å². The molecule has 1 rings (SSSR count). The van der Waals surface area contributed by atoms with Crippen molar-refractivity contribution < 1.29 is 8.42 Å². The summed E-state index contributed by atoms with van der Waals surface area (Å²) < 4.78 is 27.1. The van der Waals surface area contributed by atoms with Crippen LogP contribution in [0.25, 0.3) is 0 Å². The number of aromatic amines is 1. The Bertz CT molecular complexity index is 460. The van der Waals surface area contributed by atoms with Gasteiger partial charge in [0.25, 0.3) is 0 Å². The molecular formula is C12H23N3O2S. The van der Waals surface area contributed by atoms with Gasteiger partial charge in [0, 0.05) is 6.04 Å². The Labute approximate surface area is 109 Å². The zero-order valence-corrected chi connectivity index (χ0v) is 12.4. The standard InChI is InChI=1S/C12H23N3O2S/c1-5-6-7-8-9(2)15-18(16,17)12-10(3)13-14-11(12)4/h9,15H,5-8H2,1-4H3,(H,13,14). The molecule has 0 bridgehead atoms. The first kappa shape index (κ1) is 15.2. The van der Waals surface area contributed by atoms with E-state index < -0.39 is 10.0 Å². The van der Waals surface area contributed by atoms with Gasteiger partial charge in [-0.15, -0.1) is 0 Å². The van der Waals surface area contributed by atoms with Gasteiger partial charge in [0.1, 0.15) is 4.90 Å². The van der Waals surface area contributed by atoms with Crippen LogP contribution in [0.2, 0.25) is 0 Å². The predicted molar refractivity (Wildman–Crippen MR) is 72.0 cm³/mol. The molecule has 104 valence electrons. The van der Waals surface area contributed by atoms with E-state index in [-0.39, 0.29) is 10.9 Å². The minimum atomic E-state index is -3.46. The number of aryl methyl sites for hydroxylation is 2. The molecule has 0 saturated carbocycles. The van der Waals surface area contributed by atoms with Gasteiger partial charge in [-0.2, -0.15) is 5.10 Å². The van der Waals surface area contributed by atoms with Crippen LogP contribution in [0.5, 0.6) is 0 Å². The summed E-state index contributed by atoms with van der Waals surface area (Å²) in [5, 5.41) is 6.62. The van der Waals surface area contributed by atoms with Crippen molar-refractivity contribution in [3.8, 4) is 0 Å². The van der Waals surface area contributed by atoms with Crippen LogP contribution >= 0.6 is 0 Å². The summed E-state index contributed by atoms with van der Waals surface area (Å²) >= 11 is 0. The number of unbranched alkanes of at least 4 members (excludes halogenated alkanes) is 2. The van der Waals surface area contributed by atoms with Crippen molar-refractivity contribution in [2.45, 2.75) is 64.3 Å². The lowest BCUT2D eigenvalue weighted by atomic mass is 10.1. The second-order valence-corrected chi connectivity index (χ2v) is 6.43. The van der Waals surface area contributed by atoms with Gasteiger partial charge < -0.3 is 0 Å². The summed E-state index contributed by atoms with van der Waals surface area (Å²) in [6, 6.07) is -0.0461. The monoisotopic (exact) mass is 273 g/mol. The molecule has 0 aromatic carbocycles. The maximum atomic E-state index is 12.2. The van der Waals surface area contributed by atoms with E-state index in [9.17, 15) is 8.42 Å². The first-order valence-electron chi connectivity index (χ1n) is 6.42. The van der Waals surface area contributed by atoms with Crippen LogP contribution in [0.1, 0.15) is 50.9 Å². The van der Waals surface area contributed by atoms with Gasteiger partial charge in [-0.25, -0.2) is 13.1 Å². The smallest absolute Gasteiger partial charge is 0.244 e. The minimum Gasteiger partial charge on any atom is -0.281 e. The van der Waals surface area contributed by atoms with Crippen molar-refractivity contribution in [1.82, 2.24) is 14.9 Å². The van der Waals surface area contributed by atoms with Crippen molar-refractivity contribution in [3.63, 3.8) is 0 Å². The molecule has 5 nitrogen and oxygen atoms in total. The van der Waals surface area contributed by atoms with E-state index in [1.165, 1.54) is 0 Å². The third kappa shape index (κ3) is 3.81. The summed E-state index contributed by atoms with van der Waals surface area (Å²) in [6.07, 6.45) is 4.18. The van der Waals surface area contributed by atoms with E-state index in [4.69, 9.17) is 0 Å². The van der Waals surface area contributed by atoms with Crippen LogP contribution in [0.15, 0.2) is 4.90 Å². The SMILES string of the molecule is CCCCCC(C)NS(=O)(=O)c1c(C)n[nH]c1C. The maximum absolute atomic E-state index is 12.2. The number of aromatic nitrogens is 2. The summed E-state index contributed by atoms with van der Waals surface area (Å²) in [7, 11) is -3.46. The molecule has 0 aliphatic carbocycles. The van der Waals surface area contributed by atoms with Crippen LogP contribution in [0, 0.1) is 13.8 Å². The predicted octanol–water partition coefficient (Wildman–Crippen LogP) is 2.27. The van der Waals surface area contributed by atoms with Gasteiger partial charge in [-0.05, 0) is 27.2 Å². The third-order valence-corrected chi connectivity index (χ3v) is 4.78. The van der Waals surface area contributed by atoms with Crippen molar-refractivity contribution in [3.05, 3.63) is 11.4 Å². The number of sulfonamides is 1. The number of rotatable bonds is 7. The highest BCUT2D eigenvalue weighted by molar-refractivity contribution is 7.89. The summed E-state index contributed by atoms with van der Waals surface area (Å²) in [4.78, 5) is 0.282. The Morgan fingerprint density at radius 3 is 2.50 bits per heavy atom. The minimum absolute atomic E-state index is 0.0461. The van der Waals surface area contributed by atoms with Gasteiger partial charge in [-0.3, -0.25) is 5.10 Å². The van der Waals surface area contributed by atoms with E-state index in [1.54, 1.807) is 13.8 Å². The molecule has 1 aromatic rings. The van der Waals surface area contributed by atoms with Crippen LogP contribution in [0.4, 0.5) is 0 Å². The topological polar surface area (TPSA) is 74.8 Å². The molecule has 0 fully saturated rings. The molecule has 1 unspecified atom stereocenters. The van der Waals surface area contributed by atoms with Gasteiger partial charge >= 0.3 is 0 Å². The number of hydrogen-bond acceptors (Lipinski definition) is 3. The Kier molecular flexibility index (Phi) is 5.34. The van der Waals surface area contributed by atoms with Gasteiger partial charge in [0.15, 0.2) is 0 Å². The first-order valence-corrected chi connectivity index (χ1v) is 7.90. The molecule has 0 spiro atoms. The molecule has 2 N–H and O–H groups in total. The van der Waals surface area contributed by atoms with E-state index in [1.807, 2.05) is 6.92 Å². The summed E-state index contributed by atoms with van der Waals surface area (Å²) in [5.41, 5.74) is 1.10. The number of hydrogen-bond donors (Lipinski definition) is 2. The number of nitrogens with one attached hydrogen (secondary N) is 2. The van der Waals surface area contributed by atoms with Crippen LogP contribution < -0.4 is 4.72 Å². The highest BCUT2D eigenvalue weighted by Crippen LogP contribution is 2.17. The molecule has 0 aliphatic rings. The molecule has 0 saturated heterocycles. The summed E-state index contributed by atoms with van der Waals surface area (Å²) in [5.74, 6) is 0. The molecule has 0 radical (unpaired) electrons. The average molecular weight is 273 g/mol. The molecular weight excluding hydrogens is 250 g/mol. The molecule has 0 aliphatic heterocycles. The normalized spacial score (nSPS) is 13.8. The molecule has 1 aromatic heterocycles.